The molecule has 3 rings (SSSR count). The zero-order valence-corrected chi connectivity index (χ0v) is 15.9. The fourth-order valence-electron chi connectivity index (χ4n) is 2.90. The van der Waals surface area contributed by atoms with E-state index >= 15 is 0 Å². The molecular formula is C19H25N3O2S. The summed E-state index contributed by atoms with van der Waals surface area (Å²) in [5.74, 6) is 0.673. The van der Waals surface area contributed by atoms with Gasteiger partial charge in [-0.3, -0.25) is 4.79 Å². The van der Waals surface area contributed by atoms with Gasteiger partial charge in [0.15, 0.2) is 5.13 Å². The molecule has 1 atom stereocenters. The van der Waals surface area contributed by atoms with Gasteiger partial charge in [0, 0.05) is 35.6 Å². The zero-order chi connectivity index (χ0) is 17.8. The van der Waals surface area contributed by atoms with Crippen molar-refractivity contribution in [2.45, 2.75) is 39.2 Å². The van der Waals surface area contributed by atoms with Crippen LogP contribution in [0.3, 0.4) is 0 Å². The number of hydrogen-bond acceptors (Lipinski definition) is 5. The first-order valence-electron chi connectivity index (χ1n) is 8.82. The number of carbonyl (C=O) groups excluding carboxylic acids is 1. The second kappa shape index (κ2) is 7.87. The van der Waals surface area contributed by atoms with Crippen molar-refractivity contribution >= 4 is 22.4 Å². The quantitative estimate of drug-likeness (QED) is 0.848. The zero-order valence-electron chi connectivity index (χ0n) is 15.0. The van der Waals surface area contributed by atoms with Crippen molar-refractivity contribution in [2.24, 2.45) is 0 Å². The van der Waals surface area contributed by atoms with Crippen molar-refractivity contribution in [1.29, 1.82) is 0 Å². The molecule has 0 bridgehead atoms. The Morgan fingerprint density at radius 2 is 2.16 bits per heavy atom. The summed E-state index contributed by atoms with van der Waals surface area (Å²) < 4.78 is 5.49. The topological polar surface area (TPSA) is 54.5 Å². The summed E-state index contributed by atoms with van der Waals surface area (Å²) >= 11 is 1.65. The first-order valence-corrected chi connectivity index (χ1v) is 9.70. The molecule has 25 heavy (non-hydrogen) atoms. The third kappa shape index (κ3) is 3.95. The maximum Gasteiger partial charge on any atom is 0.251 e. The molecule has 1 aromatic heterocycles. The SMILES string of the molecule is CCC(C)NC(=O)c1ccc(OC)c(-c2csc(N3CCCC3)n2)c1. The molecule has 1 aromatic carbocycles. The summed E-state index contributed by atoms with van der Waals surface area (Å²) in [6.07, 6.45) is 3.35. The van der Waals surface area contributed by atoms with E-state index in [-0.39, 0.29) is 11.9 Å². The van der Waals surface area contributed by atoms with Crippen molar-refractivity contribution in [3.8, 4) is 17.0 Å². The normalized spacial score (nSPS) is 15.2. The van der Waals surface area contributed by atoms with E-state index in [2.05, 4.69) is 17.1 Å². The van der Waals surface area contributed by atoms with Crippen molar-refractivity contribution in [1.82, 2.24) is 10.3 Å². The Balaban J connectivity index is 1.89. The lowest BCUT2D eigenvalue weighted by molar-refractivity contribution is 0.0939. The molecule has 1 aliphatic rings. The number of nitrogens with one attached hydrogen (secondary N) is 1. The molecule has 2 heterocycles. The van der Waals surface area contributed by atoms with Crippen LogP contribution in [-0.2, 0) is 0 Å². The highest BCUT2D eigenvalue weighted by molar-refractivity contribution is 7.14. The second-order valence-electron chi connectivity index (χ2n) is 6.41. The Morgan fingerprint density at radius 3 is 2.84 bits per heavy atom. The van der Waals surface area contributed by atoms with Crippen LogP contribution in [0, 0.1) is 0 Å². The van der Waals surface area contributed by atoms with E-state index in [1.54, 1.807) is 24.5 Å². The molecule has 1 unspecified atom stereocenters. The number of methoxy groups -OCH3 is 1. The molecule has 0 spiro atoms. The number of aromatic nitrogens is 1. The van der Waals surface area contributed by atoms with Gasteiger partial charge in [0.1, 0.15) is 5.75 Å². The van der Waals surface area contributed by atoms with Crippen molar-refractivity contribution in [2.75, 3.05) is 25.1 Å². The number of ether oxygens (including phenoxy) is 1. The molecule has 1 saturated heterocycles. The van der Waals surface area contributed by atoms with Gasteiger partial charge in [-0.2, -0.15) is 0 Å². The first kappa shape index (κ1) is 17.7. The fraction of sp³-hybridized carbons (Fsp3) is 0.474. The van der Waals surface area contributed by atoms with Crippen LogP contribution in [0.1, 0.15) is 43.5 Å². The van der Waals surface area contributed by atoms with E-state index < -0.39 is 0 Å². The van der Waals surface area contributed by atoms with Gasteiger partial charge in [-0.05, 0) is 44.4 Å². The molecule has 2 aromatic rings. The largest absolute Gasteiger partial charge is 0.496 e. The molecule has 0 saturated carbocycles. The summed E-state index contributed by atoms with van der Waals surface area (Å²) in [6.45, 7) is 6.20. The van der Waals surface area contributed by atoms with Gasteiger partial charge in [-0.25, -0.2) is 4.98 Å². The third-order valence-electron chi connectivity index (χ3n) is 4.60. The number of hydrogen-bond donors (Lipinski definition) is 1. The number of thiazole rings is 1. The smallest absolute Gasteiger partial charge is 0.251 e. The van der Waals surface area contributed by atoms with E-state index in [1.807, 2.05) is 24.4 Å². The summed E-state index contributed by atoms with van der Waals surface area (Å²) in [5, 5.41) is 6.10. The Labute approximate surface area is 153 Å². The van der Waals surface area contributed by atoms with Crippen LogP contribution in [0.2, 0.25) is 0 Å². The van der Waals surface area contributed by atoms with Crippen LogP contribution in [0.5, 0.6) is 5.75 Å². The Bertz CT molecular complexity index is 738. The van der Waals surface area contributed by atoms with E-state index in [1.165, 1.54) is 12.8 Å². The highest BCUT2D eigenvalue weighted by Crippen LogP contribution is 2.35. The van der Waals surface area contributed by atoms with Crippen LogP contribution in [0.15, 0.2) is 23.6 Å². The Kier molecular flexibility index (Phi) is 5.58. The minimum atomic E-state index is -0.0618. The molecule has 0 radical (unpaired) electrons. The summed E-state index contributed by atoms with van der Waals surface area (Å²) in [5.41, 5.74) is 2.36. The van der Waals surface area contributed by atoms with Crippen LogP contribution >= 0.6 is 11.3 Å². The number of benzene rings is 1. The number of nitrogens with zero attached hydrogens (tertiary/aromatic N) is 2. The second-order valence-corrected chi connectivity index (χ2v) is 7.24. The first-order chi connectivity index (χ1) is 12.1. The molecule has 6 heteroatoms. The lowest BCUT2D eigenvalue weighted by Crippen LogP contribution is -2.31. The van der Waals surface area contributed by atoms with E-state index in [4.69, 9.17) is 9.72 Å². The van der Waals surface area contributed by atoms with E-state index in [9.17, 15) is 4.79 Å². The monoisotopic (exact) mass is 359 g/mol. The van der Waals surface area contributed by atoms with Crippen LogP contribution in [0.25, 0.3) is 11.3 Å². The average molecular weight is 359 g/mol. The standard InChI is InChI=1S/C19H25N3O2S/c1-4-13(2)20-18(23)14-7-8-17(24-3)15(11-14)16-12-25-19(21-16)22-9-5-6-10-22/h7-8,11-13H,4-6,9-10H2,1-3H3,(H,20,23). The number of amides is 1. The fourth-order valence-corrected chi connectivity index (χ4v) is 3.78. The minimum Gasteiger partial charge on any atom is -0.496 e. The Morgan fingerprint density at radius 1 is 1.40 bits per heavy atom. The van der Waals surface area contributed by atoms with Gasteiger partial charge in [-0.15, -0.1) is 11.3 Å². The van der Waals surface area contributed by atoms with Gasteiger partial charge < -0.3 is 15.0 Å². The van der Waals surface area contributed by atoms with E-state index in [0.29, 0.717) is 5.56 Å². The van der Waals surface area contributed by atoms with E-state index in [0.717, 1.165) is 41.6 Å². The predicted octanol–water partition coefficient (Wildman–Crippen LogP) is 3.95. The van der Waals surface area contributed by atoms with Crippen molar-refractivity contribution in [3.63, 3.8) is 0 Å². The van der Waals surface area contributed by atoms with Crippen LogP contribution in [0.4, 0.5) is 5.13 Å². The lowest BCUT2D eigenvalue weighted by Gasteiger charge is -2.14. The minimum absolute atomic E-state index is 0.0618. The molecule has 134 valence electrons. The highest BCUT2D eigenvalue weighted by atomic mass is 32.1. The maximum absolute atomic E-state index is 12.4. The van der Waals surface area contributed by atoms with Gasteiger partial charge >= 0.3 is 0 Å². The molecule has 1 N–H and O–H groups in total. The molecule has 1 aliphatic heterocycles. The van der Waals surface area contributed by atoms with Crippen molar-refractivity contribution in [3.05, 3.63) is 29.1 Å². The number of carbonyl (C=O) groups is 1. The summed E-state index contributed by atoms with van der Waals surface area (Å²) in [4.78, 5) is 19.5. The van der Waals surface area contributed by atoms with Gasteiger partial charge in [0.25, 0.3) is 5.91 Å². The Hall–Kier alpha value is -2.08. The molecule has 1 fully saturated rings. The number of anilines is 1. The molecule has 1 amide bonds. The maximum atomic E-state index is 12.4. The van der Waals surface area contributed by atoms with Gasteiger partial charge in [0.2, 0.25) is 0 Å². The number of rotatable bonds is 6. The lowest BCUT2D eigenvalue weighted by atomic mass is 10.1. The molecular weight excluding hydrogens is 334 g/mol. The van der Waals surface area contributed by atoms with Crippen LogP contribution in [-0.4, -0.2) is 37.1 Å². The molecule has 5 nitrogen and oxygen atoms in total. The van der Waals surface area contributed by atoms with Crippen molar-refractivity contribution < 1.29 is 9.53 Å². The molecule has 0 aliphatic carbocycles. The summed E-state index contributed by atoms with van der Waals surface area (Å²) in [6, 6.07) is 5.67. The van der Waals surface area contributed by atoms with Crippen LogP contribution < -0.4 is 15.0 Å². The average Bonchev–Trinajstić information content (AvgIpc) is 3.32. The van der Waals surface area contributed by atoms with Gasteiger partial charge in [0.05, 0.1) is 12.8 Å². The highest BCUT2D eigenvalue weighted by Gasteiger charge is 2.19. The van der Waals surface area contributed by atoms with Gasteiger partial charge in [-0.1, -0.05) is 6.92 Å². The summed E-state index contributed by atoms with van der Waals surface area (Å²) in [7, 11) is 1.64. The third-order valence-corrected chi connectivity index (χ3v) is 5.50. The predicted molar refractivity (Wildman–Crippen MR) is 103 cm³/mol.